The van der Waals surface area contributed by atoms with Gasteiger partial charge in [-0.3, -0.25) is 9.89 Å². The molecule has 0 unspecified atom stereocenters. The number of amides is 1. The quantitative estimate of drug-likeness (QED) is 0.825. The van der Waals surface area contributed by atoms with Crippen molar-refractivity contribution in [3.63, 3.8) is 0 Å². The number of hydrogen-bond donors (Lipinski definition) is 1. The van der Waals surface area contributed by atoms with Gasteiger partial charge in [-0.15, -0.1) is 0 Å². The smallest absolute Gasteiger partial charge is 0.257 e. The number of aromatic nitrogens is 2. The van der Waals surface area contributed by atoms with Gasteiger partial charge in [-0.25, -0.2) is 0 Å². The molecule has 1 aromatic rings. The summed E-state index contributed by atoms with van der Waals surface area (Å²) in [5.74, 6) is 1.30. The van der Waals surface area contributed by atoms with Gasteiger partial charge >= 0.3 is 0 Å². The Hall–Kier alpha value is -1.36. The number of aromatic amines is 1. The topological polar surface area (TPSA) is 58.2 Å². The van der Waals surface area contributed by atoms with E-state index in [0.717, 1.165) is 30.8 Å². The summed E-state index contributed by atoms with van der Waals surface area (Å²) in [4.78, 5) is 15.4. The molecular formula is C21H33N3O2. The molecule has 3 fully saturated rings. The summed E-state index contributed by atoms with van der Waals surface area (Å²) >= 11 is 0. The minimum atomic E-state index is 0.162. The third-order valence-corrected chi connectivity index (χ3v) is 6.42. The lowest BCUT2D eigenvalue weighted by Gasteiger charge is -2.38. The van der Waals surface area contributed by atoms with Gasteiger partial charge < -0.3 is 9.64 Å². The molecular weight excluding hydrogens is 326 g/mol. The van der Waals surface area contributed by atoms with Gasteiger partial charge in [0.25, 0.3) is 5.91 Å². The van der Waals surface area contributed by atoms with Crippen LogP contribution in [0.5, 0.6) is 0 Å². The Morgan fingerprint density at radius 3 is 2.77 bits per heavy atom. The zero-order valence-corrected chi connectivity index (χ0v) is 16.1. The summed E-state index contributed by atoms with van der Waals surface area (Å²) in [6.45, 7) is 3.70. The second kappa shape index (κ2) is 8.12. The molecule has 144 valence electrons. The van der Waals surface area contributed by atoms with E-state index >= 15 is 0 Å². The summed E-state index contributed by atoms with van der Waals surface area (Å²) in [6, 6.07) is 0. The van der Waals surface area contributed by atoms with Crippen molar-refractivity contribution in [2.24, 2.45) is 5.92 Å². The second-order valence-electron chi connectivity index (χ2n) is 8.52. The number of hydrogen-bond acceptors (Lipinski definition) is 3. The summed E-state index contributed by atoms with van der Waals surface area (Å²) in [5.41, 5.74) is 1.89. The van der Waals surface area contributed by atoms with Crippen molar-refractivity contribution >= 4 is 5.91 Å². The maximum atomic E-state index is 13.3. The van der Waals surface area contributed by atoms with E-state index in [1.165, 1.54) is 57.8 Å². The highest BCUT2D eigenvalue weighted by Crippen LogP contribution is 2.38. The lowest BCUT2D eigenvalue weighted by Crippen LogP contribution is -2.51. The fourth-order valence-corrected chi connectivity index (χ4v) is 4.70. The fourth-order valence-electron chi connectivity index (χ4n) is 4.70. The lowest BCUT2D eigenvalue weighted by atomic mass is 9.85. The van der Waals surface area contributed by atoms with E-state index in [9.17, 15) is 4.79 Å². The van der Waals surface area contributed by atoms with Crippen molar-refractivity contribution in [1.82, 2.24) is 15.1 Å². The number of nitrogens with zero attached hydrogens (tertiary/aromatic N) is 2. The van der Waals surface area contributed by atoms with Crippen LogP contribution in [0.3, 0.4) is 0 Å². The highest BCUT2D eigenvalue weighted by atomic mass is 16.5. The average molecular weight is 360 g/mol. The van der Waals surface area contributed by atoms with Gasteiger partial charge in [-0.05, 0) is 38.0 Å². The van der Waals surface area contributed by atoms with E-state index in [2.05, 4.69) is 22.0 Å². The van der Waals surface area contributed by atoms with Gasteiger partial charge in [-0.1, -0.05) is 39.0 Å². The third kappa shape index (κ3) is 3.98. The molecule has 1 N–H and O–H groups in total. The number of carbonyl (C=O) groups excluding carboxylic acids is 1. The molecule has 4 rings (SSSR count). The minimum absolute atomic E-state index is 0.162. The zero-order chi connectivity index (χ0) is 17.9. The predicted molar refractivity (Wildman–Crippen MR) is 101 cm³/mol. The number of rotatable bonds is 6. The van der Waals surface area contributed by atoms with E-state index in [1.807, 2.05) is 0 Å². The highest BCUT2D eigenvalue weighted by Gasteiger charge is 2.40. The van der Waals surface area contributed by atoms with Gasteiger partial charge in [0.1, 0.15) is 0 Å². The zero-order valence-electron chi connectivity index (χ0n) is 16.1. The summed E-state index contributed by atoms with van der Waals surface area (Å²) in [7, 11) is 0. The molecule has 1 aromatic heterocycles. The van der Waals surface area contributed by atoms with Gasteiger partial charge in [0.05, 0.1) is 29.7 Å². The molecule has 5 nitrogen and oxygen atoms in total. The normalized spacial score (nSPS) is 27.7. The molecule has 26 heavy (non-hydrogen) atoms. The van der Waals surface area contributed by atoms with Crippen LogP contribution in [-0.4, -0.2) is 46.3 Å². The molecule has 0 bridgehead atoms. The third-order valence-electron chi connectivity index (χ3n) is 6.42. The van der Waals surface area contributed by atoms with E-state index in [-0.39, 0.29) is 18.1 Å². The molecule has 2 heterocycles. The van der Waals surface area contributed by atoms with Gasteiger partial charge in [0, 0.05) is 19.0 Å². The number of H-pyrrole nitrogens is 1. The Kier molecular flexibility index (Phi) is 5.63. The van der Waals surface area contributed by atoms with Crippen LogP contribution in [0.15, 0.2) is 6.20 Å². The van der Waals surface area contributed by atoms with Crippen LogP contribution in [0.2, 0.25) is 0 Å². The van der Waals surface area contributed by atoms with Crippen molar-refractivity contribution in [2.45, 2.75) is 89.3 Å². The number of nitrogens with one attached hydrogen (secondary N) is 1. The van der Waals surface area contributed by atoms with E-state index in [4.69, 9.17) is 4.74 Å². The Labute approximate surface area is 156 Å². The standard InChI is InChI=1S/C21H33N3O2/c1-2-3-9-17-13-24(14-19(26-17)15-10-11-15)21(25)18-12-22-23-20(18)16-7-5-4-6-8-16/h12,15-17,19H,2-11,13-14H2,1H3,(H,22,23)/t17-,19-/m1/s1. The molecule has 2 saturated carbocycles. The number of morpholine rings is 1. The summed E-state index contributed by atoms with van der Waals surface area (Å²) < 4.78 is 6.34. The molecule has 2 atom stereocenters. The Morgan fingerprint density at radius 1 is 1.23 bits per heavy atom. The Morgan fingerprint density at radius 2 is 2.04 bits per heavy atom. The van der Waals surface area contributed by atoms with E-state index < -0.39 is 0 Å². The van der Waals surface area contributed by atoms with E-state index in [0.29, 0.717) is 11.8 Å². The number of unbranched alkanes of at least 4 members (excludes halogenated alkanes) is 1. The van der Waals surface area contributed by atoms with Crippen LogP contribution >= 0.6 is 0 Å². The molecule has 1 aliphatic heterocycles. The van der Waals surface area contributed by atoms with Crippen LogP contribution in [0.25, 0.3) is 0 Å². The predicted octanol–water partition coefficient (Wildman–Crippen LogP) is 4.27. The second-order valence-corrected chi connectivity index (χ2v) is 8.52. The molecule has 2 aliphatic carbocycles. The maximum Gasteiger partial charge on any atom is 0.257 e. The molecule has 0 radical (unpaired) electrons. The Bertz CT molecular complexity index is 604. The largest absolute Gasteiger partial charge is 0.371 e. The molecule has 5 heteroatoms. The first-order valence-corrected chi connectivity index (χ1v) is 10.7. The average Bonchev–Trinajstić information content (AvgIpc) is 3.43. The highest BCUT2D eigenvalue weighted by molar-refractivity contribution is 5.95. The van der Waals surface area contributed by atoms with Crippen molar-refractivity contribution in [2.75, 3.05) is 13.1 Å². The first-order valence-electron chi connectivity index (χ1n) is 10.7. The van der Waals surface area contributed by atoms with Crippen molar-refractivity contribution in [1.29, 1.82) is 0 Å². The first kappa shape index (κ1) is 18.0. The summed E-state index contributed by atoms with van der Waals surface area (Å²) in [5, 5.41) is 7.40. The van der Waals surface area contributed by atoms with Crippen LogP contribution in [-0.2, 0) is 4.74 Å². The van der Waals surface area contributed by atoms with Crippen LogP contribution in [0.4, 0.5) is 0 Å². The van der Waals surface area contributed by atoms with Crippen LogP contribution in [0, 0.1) is 5.92 Å². The van der Waals surface area contributed by atoms with Gasteiger partial charge in [0.2, 0.25) is 0 Å². The molecule has 0 spiro atoms. The SMILES string of the molecule is CCCC[C@@H]1CN(C(=O)c2cn[nH]c2C2CCCCC2)C[C@H](C2CC2)O1. The number of carbonyl (C=O) groups is 1. The van der Waals surface area contributed by atoms with Crippen LogP contribution < -0.4 is 0 Å². The Balaban J connectivity index is 1.48. The van der Waals surface area contributed by atoms with Crippen molar-refractivity contribution < 1.29 is 9.53 Å². The van der Waals surface area contributed by atoms with Gasteiger partial charge in [-0.2, -0.15) is 5.10 Å². The molecule has 0 aromatic carbocycles. The summed E-state index contributed by atoms with van der Waals surface area (Å²) in [6.07, 6.45) is 14.3. The number of ether oxygens (including phenoxy) is 1. The molecule has 1 amide bonds. The maximum absolute atomic E-state index is 13.3. The van der Waals surface area contributed by atoms with E-state index in [1.54, 1.807) is 6.20 Å². The minimum Gasteiger partial charge on any atom is -0.371 e. The monoisotopic (exact) mass is 359 g/mol. The molecule has 1 saturated heterocycles. The first-order chi connectivity index (χ1) is 12.8. The van der Waals surface area contributed by atoms with Crippen LogP contribution in [0.1, 0.15) is 93.1 Å². The lowest BCUT2D eigenvalue weighted by molar-refractivity contribution is -0.0874. The van der Waals surface area contributed by atoms with Gasteiger partial charge in [0.15, 0.2) is 0 Å². The fraction of sp³-hybridized carbons (Fsp3) is 0.810. The van der Waals surface area contributed by atoms with Crippen molar-refractivity contribution in [3.05, 3.63) is 17.5 Å². The molecule has 3 aliphatic rings. The van der Waals surface area contributed by atoms with Crippen molar-refractivity contribution in [3.8, 4) is 0 Å².